The van der Waals surface area contributed by atoms with Crippen molar-refractivity contribution in [3.63, 3.8) is 0 Å². The van der Waals surface area contributed by atoms with Gasteiger partial charge in [-0.25, -0.2) is 4.79 Å². The Morgan fingerprint density at radius 1 is 0.925 bits per heavy atom. The lowest BCUT2D eigenvalue weighted by Crippen LogP contribution is -2.59. The second-order valence-electron chi connectivity index (χ2n) is 9.45. The number of alkyl halides is 3. The normalized spacial score (nSPS) is 15.1. The molecule has 1 aromatic carbocycles. The van der Waals surface area contributed by atoms with Crippen LogP contribution in [0.3, 0.4) is 0 Å². The summed E-state index contributed by atoms with van der Waals surface area (Å²) in [6.45, 7) is 4.50. The van der Waals surface area contributed by atoms with E-state index in [0.717, 1.165) is 7.11 Å². The average molecular weight is 576 g/mol. The molecule has 1 aromatic rings. The van der Waals surface area contributed by atoms with E-state index in [-0.39, 0.29) is 6.42 Å². The molecule has 5 unspecified atom stereocenters. The third-order valence-electron chi connectivity index (χ3n) is 5.82. The smallest absolute Gasteiger partial charge is 0.416 e. The summed E-state index contributed by atoms with van der Waals surface area (Å²) < 4.78 is 43.8. The highest BCUT2D eigenvalue weighted by molar-refractivity contribution is 5.94. The first-order valence-corrected chi connectivity index (χ1v) is 12.4. The number of rotatable bonds is 14. The van der Waals surface area contributed by atoms with E-state index in [4.69, 9.17) is 5.73 Å². The second-order valence-corrected chi connectivity index (χ2v) is 9.45. The van der Waals surface area contributed by atoms with E-state index in [1.807, 2.05) is 5.32 Å². The number of nitrogens with two attached hydrogens (primary N) is 1. The number of carbonyl (C=O) groups is 5. The van der Waals surface area contributed by atoms with Crippen LogP contribution in [0.1, 0.15) is 39.2 Å². The van der Waals surface area contributed by atoms with Crippen molar-refractivity contribution in [3.05, 3.63) is 35.9 Å². The molecule has 0 fully saturated rings. The molecule has 5 atom stereocenters. The fraction of sp³-hybridized carbons (Fsp3) is 0.560. The Morgan fingerprint density at radius 2 is 1.52 bits per heavy atom. The van der Waals surface area contributed by atoms with Crippen molar-refractivity contribution in [2.45, 2.75) is 76.5 Å². The highest BCUT2D eigenvalue weighted by atomic mass is 19.4. The van der Waals surface area contributed by atoms with Gasteiger partial charge in [0.05, 0.1) is 13.2 Å². The molecule has 15 heteroatoms. The van der Waals surface area contributed by atoms with Gasteiger partial charge in [-0.3, -0.25) is 19.2 Å². The molecule has 1 rings (SSSR count). The Bertz CT molecular complexity index is 1020. The maximum atomic E-state index is 13.2. The van der Waals surface area contributed by atoms with Gasteiger partial charge in [-0.05, 0) is 24.8 Å². The number of nitrogens with one attached hydrogen (secondary N) is 4. The fourth-order valence-corrected chi connectivity index (χ4v) is 3.56. The minimum absolute atomic E-state index is 0.0240. The summed E-state index contributed by atoms with van der Waals surface area (Å²) in [5.41, 5.74) is 5.62. The van der Waals surface area contributed by atoms with Gasteiger partial charge in [-0.2, -0.15) is 13.2 Å². The molecule has 5 amide bonds. The summed E-state index contributed by atoms with van der Waals surface area (Å²) in [5, 5.41) is 18.9. The molecule has 0 aliphatic carbocycles. The van der Waals surface area contributed by atoms with Gasteiger partial charge in [-0.15, -0.1) is 0 Å². The van der Waals surface area contributed by atoms with Crippen LogP contribution < -0.4 is 27.0 Å². The lowest BCUT2D eigenvalue weighted by Gasteiger charge is -2.28. The quantitative estimate of drug-likeness (QED) is 0.184. The summed E-state index contributed by atoms with van der Waals surface area (Å²) in [4.78, 5) is 61.5. The van der Waals surface area contributed by atoms with Gasteiger partial charge in [-0.1, -0.05) is 44.2 Å². The summed E-state index contributed by atoms with van der Waals surface area (Å²) >= 11 is 0. The van der Waals surface area contributed by atoms with Crippen LogP contribution in [-0.4, -0.2) is 78.4 Å². The number of carbonyl (C=O) groups excluding carboxylic acids is 5. The number of aliphatic hydroxyl groups excluding tert-OH is 1. The van der Waals surface area contributed by atoms with Crippen molar-refractivity contribution in [1.29, 1.82) is 0 Å². The molecule has 0 aliphatic heterocycles. The van der Waals surface area contributed by atoms with E-state index in [1.165, 1.54) is 6.92 Å². The van der Waals surface area contributed by atoms with E-state index in [1.54, 1.807) is 44.2 Å². The van der Waals surface area contributed by atoms with Crippen molar-refractivity contribution in [2.24, 2.45) is 11.7 Å². The molecule has 0 saturated heterocycles. The highest BCUT2D eigenvalue weighted by Crippen LogP contribution is 2.24. The maximum absolute atomic E-state index is 13.2. The lowest BCUT2D eigenvalue weighted by atomic mass is 10.0. The summed E-state index contributed by atoms with van der Waals surface area (Å²) in [7, 11) is 1.12. The lowest BCUT2D eigenvalue weighted by molar-refractivity contribution is -0.212. The van der Waals surface area contributed by atoms with Crippen molar-refractivity contribution in [1.82, 2.24) is 21.3 Å². The molecule has 0 aromatic heterocycles. The number of hydrogen-bond acceptors (Lipinski definition) is 7. The van der Waals surface area contributed by atoms with Crippen molar-refractivity contribution in [3.8, 4) is 0 Å². The predicted octanol–water partition coefficient (Wildman–Crippen LogP) is 0.273. The zero-order chi connectivity index (χ0) is 30.6. The molecule has 0 heterocycles. The van der Waals surface area contributed by atoms with E-state index >= 15 is 0 Å². The van der Waals surface area contributed by atoms with Gasteiger partial charge in [0, 0.05) is 12.8 Å². The van der Waals surface area contributed by atoms with Gasteiger partial charge in [0.1, 0.15) is 18.1 Å². The number of aliphatic hydroxyl groups is 1. The fourth-order valence-electron chi connectivity index (χ4n) is 3.56. The Morgan fingerprint density at radius 3 is 2.02 bits per heavy atom. The van der Waals surface area contributed by atoms with Gasteiger partial charge in [0.25, 0.3) is 0 Å². The first-order chi connectivity index (χ1) is 18.6. The molecule has 7 N–H and O–H groups in total. The van der Waals surface area contributed by atoms with E-state index in [2.05, 4.69) is 20.7 Å². The van der Waals surface area contributed by atoms with Crippen molar-refractivity contribution in [2.75, 3.05) is 7.11 Å². The number of alkyl carbamates (subject to hydrolysis) is 1. The summed E-state index contributed by atoms with van der Waals surface area (Å²) in [5.74, 6) is -3.97. The van der Waals surface area contributed by atoms with Gasteiger partial charge in [0.2, 0.25) is 23.6 Å². The number of primary amides is 1. The first-order valence-electron chi connectivity index (χ1n) is 12.4. The third kappa shape index (κ3) is 11.5. The Labute approximate surface area is 229 Å². The van der Waals surface area contributed by atoms with Crippen LogP contribution in [0, 0.1) is 5.92 Å². The van der Waals surface area contributed by atoms with Gasteiger partial charge >= 0.3 is 12.3 Å². The minimum Gasteiger partial charge on any atom is -0.453 e. The molecule has 0 radical (unpaired) electrons. The monoisotopic (exact) mass is 575 g/mol. The van der Waals surface area contributed by atoms with E-state index < -0.39 is 84.9 Å². The van der Waals surface area contributed by atoms with Crippen molar-refractivity contribution < 1.29 is 47.0 Å². The van der Waals surface area contributed by atoms with Crippen LogP contribution in [0.15, 0.2) is 30.3 Å². The highest BCUT2D eigenvalue weighted by Gasteiger charge is 2.44. The van der Waals surface area contributed by atoms with Crippen LogP contribution in [0.5, 0.6) is 0 Å². The zero-order valence-corrected chi connectivity index (χ0v) is 22.6. The molecular formula is C25H36F3N5O7. The molecule has 0 spiro atoms. The van der Waals surface area contributed by atoms with Crippen molar-refractivity contribution >= 4 is 29.7 Å². The van der Waals surface area contributed by atoms with Gasteiger partial charge < -0.3 is 36.8 Å². The van der Waals surface area contributed by atoms with Crippen LogP contribution in [0.4, 0.5) is 18.0 Å². The van der Waals surface area contributed by atoms with Gasteiger partial charge in [0.15, 0.2) is 6.10 Å². The molecule has 224 valence electrons. The molecule has 0 saturated carbocycles. The van der Waals surface area contributed by atoms with Crippen LogP contribution >= 0.6 is 0 Å². The number of benzene rings is 1. The third-order valence-corrected chi connectivity index (χ3v) is 5.82. The SMILES string of the molecule is COC(=O)NC(C(=O)NC(Cc1ccccc1)C(=O)NC(C)C(=O)NC(CCC(N)=O)C(O)C(F)(F)F)C(C)C. The largest absolute Gasteiger partial charge is 0.453 e. The predicted molar refractivity (Wildman–Crippen MR) is 136 cm³/mol. The first kappa shape index (κ1) is 34.1. The number of halogens is 3. The standard InChI is InChI=1S/C25H36F3N5O7/c1-13(2)19(33-24(39)40-4)23(38)32-17(12-15-8-6-5-7-9-15)22(37)30-14(3)21(36)31-16(10-11-18(29)34)20(35)25(26,27)28/h5-9,13-14,16-17,19-20,35H,10-12H2,1-4H3,(H2,29,34)(H,30,37)(H,31,36)(H,32,38)(H,33,39). The number of ether oxygens (including phenoxy) is 1. The minimum atomic E-state index is -5.10. The van der Waals surface area contributed by atoms with E-state index in [0.29, 0.717) is 5.56 Å². The number of amides is 5. The molecule has 0 bridgehead atoms. The topological polar surface area (TPSA) is 189 Å². The zero-order valence-electron chi connectivity index (χ0n) is 22.6. The Balaban J connectivity index is 3.08. The number of hydrogen-bond donors (Lipinski definition) is 6. The Hall–Kier alpha value is -3.88. The molecule has 12 nitrogen and oxygen atoms in total. The maximum Gasteiger partial charge on any atom is 0.416 e. The second kappa shape index (κ2) is 15.6. The Kier molecular flexibility index (Phi) is 13.4. The molecule has 0 aliphatic rings. The molecular weight excluding hydrogens is 539 g/mol. The van der Waals surface area contributed by atoms with Crippen LogP contribution in [0.2, 0.25) is 0 Å². The van der Waals surface area contributed by atoms with E-state index in [9.17, 15) is 42.3 Å². The summed E-state index contributed by atoms with van der Waals surface area (Å²) in [6.07, 6.45) is -10.1. The summed E-state index contributed by atoms with van der Waals surface area (Å²) in [6, 6.07) is 2.89. The number of methoxy groups -OCH3 is 1. The average Bonchev–Trinajstić information content (AvgIpc) is 2.87. The van der Waals surface area contributed by atoms with Crippen LogP contribution in [0.25, 0.3) is 0 Å². The van der Waals surface area contributed by atoms with Crippen LogP contribution in [-0.2, 0) is 30.3 Å². The molecule has 40 heavy (non-hydrogen) atoms.